The summed E-state index contributed by atoms with van der Waals surface area (Å²) in [6, 6.07) is 1.31. The summed E-state index contributed by atoms with van der Waals surface area (Å²) in [5, 5.41) is 0. The Morgan fingerprint density at radius 1 is 0.448 bits per heavy atom. The summed E-state index contributed by atoms with van der Waals surface area (Å²) in [5.41, 5.74) is 0. The molecular formula is C24H54O3Si2. The third-order valence-corrected chi connectivity index (χ3v) is 14.1. The Bertz CT molecular complexity index is 299. The maximum atomic E-state index is 6.00. The molecule has 0 N–H and O–H groups in total. The fraction of sp³-hybridized carbons (Fsp3) is 1.00. The zero-order chi connectivity index (χ0) is 21.5. The number of hydrogen-bond donors (Lipinski definition) is 0. The van der Waals surface area contributed by atoms with Crippen LogP contribution in [0.1, 0.15) is 130 Å². The predicted molar refractivity (Wildman–Crippen MR) is 134 cm³/mol. The molecule has 0 atom stereocenters. The average Bonchev–Trinajstić information content (AvgIpc) is 2.71. The van der Waals surface area contributed by atoms with Crippen molar-refractivity contribution in [2.75, 3.05) is 19.8 Å². The van der Waals surface area contributed by atoms with Crippen molar-refractivity contribution in [2.45, 2.75) is 136 Å². The Labute approximate surface area is 187 Å². The smallest absolute Gasteiger partial charge is 0.377 e. The molecule has 0 fully saturated rings. The predicted octanol–water partition coefficient (Wildman–Crippen LogP) is 7.38. The van der Waals surface area contributed by atoms with Crippen LogP contribution in [0.3, 0.4) is 0 Å². The molecule has 0 aromatic heterocycles. The number of hydrogen-bond acceptors (Lipinski definition) is 3. The standard InChI is InChI=1S/C24H54O3Si2/c1-5-9-10-11-12-13-14-15-16-17-18-19-20-21-22-23-24-28-29(25-6-2,26-7-3)27-8-4/h5-24,28H2,1-4H3. The molecule has 0 radical (unpaired) electrons. The molecule has 0 spiro atoms. The van der Waals surface area contributed by atoms with E-state index in [4.69, 9.17) is 13.3 Å². The van der Waals surface area contributed by atoms with E-state index in [-0.39, 0.29) is 0 Å². The number of rotatable bonds is 24. The molecule has 0 saturated carbocycles. The van der Waals surface area contributed by atoms with Crippen LogP contribution in [0.25, 0.3) is 0 Å². The second-order valence-corrected chi connectivity index (χ2v) is 15.9. The Hall–Kier alpha value is 0.314. The van der Waals surface area contributed by atoms with Gasteiger partial charge in [-0.05, 0) is 20.8 Å². The molecule has 5 heteroatoms. The summed E-state index contributed by atoms with van der Waals surface area (Å²) in [6.45, 7) is 10.6. The molecule has 29 heavy (non-hydrogen) atoms. The van der Waals surface area contributed by atoms with E-state index in [0.29, 0.717) is 0 Å². The quantitative estimate of drug-likeness (QED) is 0.114. The third kappa shape index (κ3) is 18.8. The summed E-state index contributed by atoms with van der Waals surface area (Å²) in [5.74, 6) is 0. The van der Waals surface area contributed by atoms with Crippen LogP contribution in [-0.2, 0) is 13.3 Å². The SMILES string of the molecule is CCCCCCCCCCCCCCCCCC[SiH2][Si](OCC)(OCC)OCC. The van der Waals surface area contributed by atoms with Crippen LogP contribution in [0.5, 0.6) is 0 Å². The van der Waals surface area contributed by atoms with Gasteiger partial charge in [0.2, 0.25) is 0 Å². The Morgan fingerprint density at radius 3 is 1.07 bits per heavy atom. The molecule has 0 aliphatic heterocycles. The van der Waals surface area contributed by atoms with Gasteiger partial charge < -0.3 is 13.3 Å². The molecule has 0 bridgehead atoms. The summed E-state index contributed by atoms with van der Waals surface area (Å²) >= 11 is 0. The van der Waals surface area contributed by atoms with E-state index in [1.165, 1.54) is 109 Å². The molecule has 0 aromatic carbocycles. The van der Waals surface area contributed by atoms with Gasteiger partial charge in [-0.25, -0.2) is 0 Å². The highest BCUT2D eigenvalue weighted by molar-refractivity contribution is 7.14. The van der Waals surface area contributed by atoms with Gasteiger partial charge in [0.05, 0.1) is 0 Å². The monoisotopic (exact) mass is 446 g/mol. The van der Waals surface area contributed by atoms with Crippen LogP contribution in [0.4, 0.5) is 0 Å². The van der Waals surface area contributed by atoms with Gasteiger partial charge in [-0.1, -0.05) is 116 Å². The molecule has 0 aliphatic carbocycles. The summed E-state index contributed by atoms with van der Waals surface area (Å²) in [6.07, 6.45) is 22.9. The van der Waals surface area contributed by atoms with Crippen LogP contribution < -0.4 is 0 Å². The van der Waals surface area contributed by atoms with Gasteiger partial charge in [0.1, 0.15) is 9.04 Å². The van der Waals surface area contributed by atoms with Crippen LogP contribution >= 0.6 is 0 Å². The summed E-state index contributed by atoms with van der Waals surface area (Å²) in [7, 11) is -2.67. The van der Waals surface area contributed by atoms with Gasteiger partial charge in [-0.2, -0.15) is 0 Å². The maximum absolute atomic E-state index is 6.00. The van der Waals surface area contributed by atoms with Crippen LogP contribution in [0, 0.1) is 0 Å². The van der Waals surface area contributed by atoms with Crippen LogP contribution in [0.15, 0.2) is 0 Å². The highest BCUT2D eigenvalue weighted by Gasteiger charge is 2.38. The molecule has 3 nitrogen and oxygen atoms in total. The minimum absolute atomic E-state index is 0.407. The highest BCUT2D eigenvalue weighted by Crippen LogP contribution is 2.16. The third-order valence-electron chi connectivity index (χ3n) is 5.68. The molecule has 0 rings (SSSR count). The van der Waals surface area contributed by atoms with E-state index in [1.54, 1.807) is 0 Å². The molecule has 0 saturated heterocycles. The molecule has 0 unspecified atom stereocenters. The second-order valence-electron chi connectivity index (χ2n) is 8.39. The second kappa shape index (κ2) is 23.0. The van der Waals surface area contributed by atoms with Crippen molar-refractivity contribution in [3.05, 3.63) is 0 Å². The Morgan fingerprint density at radius 2 is 0.759 bits per heavy atom. The van der Waals surface area contributed by atoms with Crippen molar-refractivity contribution in [3.8, 4) is 0 Å². The van der Waals surface area contributed by atoms with Crippen molar-refractivity contribution >= 4 is 17.4 Å². The van der Waals surface area contributed by atoms with Gasteiger partial charge in [-0.15, -0.1) is 0 Å². The Balaban J connectivity index is 3.43. The zero-order valence-electron chi connectivity index (χ0n) is 20.6. The molecule has 0 heterocycles. The van der Waals surface area contributed by atoms with Crippen molar-refractivity contribution in [1.29, 1.82) is 0 Å². The zero-order valence-corrected chi connectivity index (χ0v) is 23.0. The lowest BCUT2D eigenvalue weighted by Gasteiger charge is -2.28. The largest absolute Gasteiger partial charge is 0.462 e. The minimum atomic E-state index is -2.27. The molecular weight excluding hydrogens is 392 g/mol. The molecule has 0 aromatic rings. The first kappa shape index (κ1) is 29.3. The van der Waals surface area contributed by atoms with Gasteiger partial charge in [0, 0.05) is 19.8 Å². The van der Waals surface area contributed by atoms with Gasteiger partial charge >= 0.3 is 8.32 Å². The van der Waals surface area contributed by atoms with Gasteiger partial charge in [-0.3, -0.25) is 0 Å². The fourth-order valence-corrected chi connectivity index (χ4v) is 12.3. The lowest BCUT2D eigenvalue weighted by atomic mass is 10.0. The first-order chi connectivity index (χ1) is 14.2. The normalized spacial score (nSPS) is 12.4. The van der Waals surface area contributed by atoms with Crippen molar-refractivity contribution < 1.29 is 13.3 Å². The van der Waals surface area contributed by atoms with Crippen LogP contribution in [-0.4, -0.2) is 37.2 Å². The molecule has 176 valence electrons. The minimum Gasteiger partial charge on any atom is -0.377 e. The average molecular weight is 447 g/mol. The van der Waals surface area contributed by atoms with E-state index in [9.17, 15) is 0 Å². The Kier molecular flexibility index (Phi) is 23.2. The molecule has 0 aliphatic rings. The van der Waals surface area contributed by atoms with E-state index in [0.717, 1.165) is 19.8 Å². The maximum Gasteiger partial charge on any atom is 0.462 e. The van der Waals surface area contributed by atoms with Crippen molar-refractivity contribution in [1.82, 2.24) is 0 Å². The van der Waals surface area contributed by atoms with Crippen molar-refractivity contribution in [2.24, 2.45) is 0 Å². The van der Waals surface area contributed by atoms with E-state index in [1.807, 2.05) is 0 Å². The first-order valence-electron chi connectivity index (χ1n) is 13.2. The lowest BCUT2D eigenvalue weighted by Crippen LogP contribution is -2.52. The number of unbranched alkanes of at least 4 members (excludes halogenated alkanes) is 15. The van der Waals surface area contributed by atoms with E-state index < -0.39 is 17.4 Å². The van der Waals surface area contributed by atoms with Gasteiger partial charge in [0.25, 0.3) is 0 Å². The van der Waals surface area contributed by atoms with E-state index in [2.05, 4.69) is 27.7 Å². The topological polar surface area (TPSA) is 27.7 Å². The summed E-state index contributed by atoms with van der Waals surface area (Å²) < 4.78 is 18.0. The van der Waals surface area contributed by atoms with Crippen LogP contribution in [0.2, 0.25) is 6.04 Å². The van der Waals surface area contributed by atoms with E-state index >= 15 is 0 Å². The van der Waals surface area contributed by atoms with Crippen molar-refractivity contribution in [3.63, 3.8) is 0 Å². The fourth-order valence-electron chi connectivity index (χ4n) is 4.07. The summed E-state index contributed by atoms with van der Waals surface area (Å²) in [4.78, 5) is 0. The highest BCUT2D eigenvalue weighted by atomic mass is 29.2. The lowest BCUT2D eigenvalue weighted by molar-refractivity contribution is 0.0928. The van der Waals surface area contributed by atoms with Gasteiger partial charge in [0.15, 0.2) is 0 Å². The first-order valence-corrected chi connectivity index (χ1v) is 18.2. The molecule has 0 amide bonds.